The molecule has 0 saturated carbocycles. The second-order valence-electron chi connectivity index (χ2n) is 4.59. The monoisotopic (exact) mass is 189 g/mol. The third-order valence-corrected chi connectivity index (χ3v) is 2.28. The molecule has 2 heterocycles. The fraction of sp³-hybridized carbons (Fsp3) is 0.455. The topological polar surface area (TPSA) is 30.2 Å². The Balaban J connectivity index is 2.81. The molecule has 0 N–H and O–H groups in total. The Morgan fingerprint density at radius 2 is 2.00 bits per heavy atom. The summed E-state index contributed by atoms with van der Waals surface area (Å²) in [4.78, 5) is 4.48. The Morgan fingerprint density at radius 3 is 2.64 bits per heavy atom. The molecule has 0 unspecified atom stereocenters. The number of hydrogen-bond donors (Lipinski definition) is 0. The van der Waals surface area contributed by atoms with E-state index in [1.54, 1.807) is 6.20 Å². The first kappa shape index (κ1) is 9.19. The lowest BCUT2D eigenvalue weighted by atomic mass is 9.91. The van der Waals surface area contributed by atoms with Crippen LogP contribution in [0.4, 0.5) is 0 Å². The van der Waals surface area contributed by atoms with Crippen molar-refractivity contribution in [2.75, 3.05) is 0 Å². The minimum absolute atomic E-state index is 0.0812. The van der Waals surface area contributed by atoms with Gasteiger partial charge in [0.1, 0.15) is 0 Å². The fourth-order valence-electron chi connectivity index (χ4n) is 1.86. The van der Waals surface area contributed by atoms with Crippen LogP contribution in [0, 0.1) is 6.92 Å². The molecule has 0 radical (unpaired) electrons. The van der Waals surface area contributed by atoms with Gasteiger partial charge in [0.15, 0.2) is 5.65 Å². The molecule has 0 bridgehead atoms. The summed E-state index contributed by atoms with van der Waals surface area (Å²) >= 11 is 0. The van der Waals surface area contributed by atoms with Gasteiger partial charge in [-0.25, -0.2) is 9.50 Å². The maximum Gasteiger partial charge on any atom is 0.154 e. The van der Waals surface area contributed by atoms with Gasteiger partial charge in [0.05, 0.1) is 11.4 Å². The van der Waals surface area contributed by atoms with Crippen molar-refractivity contribution in [3.8, 4) is 0 Å². The summed E-state index contributed by atoms with van der Waals surface area (Å²) in [6.45, 7) is 8.57. The molecule has 0 aromatic carbocycles. The van der Waals surface area contributed by atoms with E-state index < -0.39 is 0 Å². The van der Waals surface area contributed by atoms with Crippen LogP contribution < -0.4 is 0 Å². The van der Waals surface area contributed by atoms with Crippen LogP contribution in [0.5, 0.6) is 0 Å². The number of imidazole rings is 1. The van der Waals surface area contributed by atoms with Crippen LogP contribution in [0.25, 0.3) is 5.65 Å². The summed E-state index contributed by atoms with van der Waals surface area (Å²) in [5.41, 5.74) is 3.26. The zero-order chi connectivity index (χ0) is 10.3. The van der Waals surface area contributed by atoms with Gasteiger partial charge in [-0.05, 0) is 19.1 Å². The maximum atomic E-state index is 4.48. The second kappa shape index (κ2) is 2.80. The third kappa shape index (κ3) is 1.29. The van der Waals surface area contributed by atoms with Crippen molar-refractivity contribution in [2.45, 2.75) is 33.1 Å². The van der Waals surface area contributed by atoms with E-state index in [4.69, 9.17) is 0 Å². The smallest absolute Gasteiger partial charge is 0.154 e. The highest BCUT2D eigenvalue weighted by atomic mass is 15.3. The highest BCUT2D eigenvalue weighted by Gasteiger charge is 2.22. The zero-order valence-corrected chi connectivity index (χ0v) is 9.07. The minimum Gasteiger partial charge on any atom is -0.232 e. The lowest BCUT2D eigenvalue weighted by molar-refractivity contribution is 0.546. The molecule has 0 aliphatic rings. The Labute approximate surface area is 83.8 Å². The Bertz CT molecular complexity index is 463. The maximum absolute atomic E-state index is 4.48. The summed E-state index contributed by atoms with van der Waals surface area (Å²) in [6, 6.07) is 3.89. The van der Waals surface area contributed by atoms with Gasteiger partial charge in [0.25, 0.3) is 0 Å². The number of hydrogen-bond acceptors (Lipinski definition) is 2. The fourth-order valence-corrected chi connectivity index (χ4v) is 1.86. The summed E-state index contributed by atoms with van der Waals surface area (Å²) in [6.07, 6.45) is 1.80. The van der Waals surface area contributed by atoms with Gasteiger partial charge in [-0.2, -0.15) is 5.10 Å². The molecule has 74 valence electrons. The number of rotatable bonds is 0. The molecule has 0 spiro atoms. The molecule has 0 saturated heterocycles. The molecule has 14 heavy (non-hydrogen) atoms. The number of aromatic nitrogens is 3. The number of aryl methyl sites for hydroxylation is 1. The van der Waals surface area contributed by atoms with Gasteiger partial charge in [-0.15, -0.1) is 0 Å². The van der Waals surface area contributed by atoms with Crippen LogP contribution in [-0.2, 0) is 5.41 Å². The summed E-state index contributed by atoms with van der Waals surface area (Å²) in [5.74, 6) is 0. The molecule has 2 aromatic heterocycles. The largest absolute Gasteiger partial charge is 0.232 e. The minimum atomic E-state index is 0.0812. The van der Waals surface area contributed by atoms with Gasteiger partial charge in [0.2, 0.25) is 0 Å². The SMILES string of the molecule is Cc1nc2cccnn2c1C(C)(C)C. The molecular weight excluding hydrogens is 174 g/mol. The first-order valence-electron chi connectivity index (χ1n) is 4.81. The van der Waals surface area contributed by atoms with Crippen molar-refractivity contribution < 1.29 is 0 Å². The van der Waals surface area contributed by atoms with E-state index in [0.29, 0.717) is 0 Å². The predicted octanol–water partition coefficient (Wildman–Crippen LogP) is 2.34. The van der Waals surface area contributed by atoms with Crippen molar-refractivity contribution in [1.29, 1.82) is 0 Å². The van der Waals surface area contributed by atoms with Crippen LogP contribution >= 0.6 is 0 Å². The quantitative estimate of drug-likeness (QED) is 0.636. The van der Waals surface area contributed by atoms with Crippen molar-refractivity contribution in [3.63, 3.8) is 0 Å². The van der Waals surface area contributed by atoms with E-state index in [1.165, 1.54) is 5.69 Å². The third-order valence-electron chi connectivity index (χ3n) is 2.28. The van der Waals surface area contributed by atoms with E-state index in [0.717, 1.165) is 11.3 Å². The van der Waals surface area contributed by atoms with Gasteiger partial charge in [-0.3, -0.25) is 0 Å². The average molecular weight is 189 g/mol. The van der Waals surface area contributed by atoms with Crippen LogP contribution in [0.1, 0.15) is 32.2 Å². The van der Waals surface area contributed by atoms with E-state index in [2.05, 4.69) is 30.9 Å². The number of nitrogens with zero attached hydrogens (tertiary/aromatic N) is 3. The van der Waals surface area contributed by atoms with Gasteiger partial charge >= 0.3 is 0 Å². The normalized spacial score (nSPS) is 12.3. The summed E-state index contributed by atoms with van der Waals surface area (Å²) in [5, 5.41) is 4.32. The summed E-state index contributed by atoms with van der Waals surface area (Å²) < 4.78 is 1.93. The van der Waals surface area contributed by atoms with E-state index in [9.17, 15) is 0 Å². The molecule has 3 nitrogen and oxygen atoms in total. The van der Waals surface area contributed by atoms with Crippen LogP contribution in [-0.4, -0.2) is 14.6 Å². The van der Waals surface area contributed by atoms with Crippen molar-refractivity contribution in [1.82, 2.24) is 14.6 Å². The molecular formula is C11H15N3. The molecule has 2 aromatic rings. The van der Waals surface area contributed by atoms with Crippen LogP contribution in [0.3, 0.4) is 0 Å². The van der Waals surface area contributed by atoms with Crippen LogP contribution in [0.15, 0.2) is 18.3 Å². The average Bonchev–Trinajstić information content (AvgIpc) is 2.38. The molecule has 2 rings (SSSR count). The Hall–Kier alpha value is -1.38. The van der Waals surface area contributed by atoms with E-state index in [1.807, 2.05) is 23.6 Å². The molecule has 0 amide bonds. The first-order valence-corrected chi connectivity index (χ1v) is 4.81. The number of fused-ring (bicyclic) bond motifs is 1. The lowest BCUT2D eigenvalue weighted by Gasteiger charge is -2.18. The van der Waals surface area contributed by atoms with E-state index >= 15 is 0 Å². The van der Waals surface area contributed by atoms with Crippen LogP contribution in [0.2, 0.25) is 0 Å². The molecule has 0 aliphatic carbocycles. The first-order chi connectivity index (χ1) is 6.50. The highest BCUT2D eigenvalue weighted by molar-refractivity contribution is 5.42. The standard InChI is InChI=1S/C11H15N3/c1-8-10(11(2,3)4)14-9(13-8)6-5-7-12-14/h5-7H,1-4H3. The molecule has 0 aliphatic heterocycles. The zero-order valence-electron chi connectivity index (χ0n) is 9.07. The summed E-state index contributed by atoms with van der Waals surface area (Å²) in [7, 11) is 0. The Morgan fingerprint density at radius 1 is 1.29 bits per heavy atom. The molecule has 3 heteroatoms. The van der Waals surface area contributed by atoms with E-state index in [-0.39, 0.29) is 5.41 Å². The second-order valence-corrected chi connectivity index (χ2v) is 4.59. The highest BCUT2D eigenvalue weighted by Crippen LogP contribution is 2.25. The van der Waals surface area contributed by atoms with Crippen molar-refractivity contribution >= 4 is 5.65 Å². The van der Waals surface area contributed by atoms with Gasteiger partial charge in [0, 0.05) is 11.6 Å². The van der Waals surface area contributed by atoms with Crippen molar-refractivity contribution in [3.05, 3.63) is 29.7 Å². The van der Waals surface area contributed by atoms with Gasteiger partial charge < -0.3 is 0 Å². The predicted molar refractivity (Wildman–Crippen MR) is 56.4 cm³/mol. The van der Waals surface area contributed by atoms with Gasteiger partial charge in [-0.1, -0.05) is 20.8 Å². The molecule has 0 atom stereocenters. The molecule has 0 fully saturated rings. The lowest BCUT2D eigenvalue weighted by Crippen LogP contribution is -2.16. The van der Waals surface area contributed by atoms with Crippen molar-refractivity contribution in [2.24, 2.45) is 0 Å². The Kier molecular flexibility index (Phi) is 1.84.